The number of nitrogens with zero attached hydrogens (tertiary/aromatic N) is 4. The van der Waals surface area contributed by atoms with Gasteiger partial charge < -0.3 is 11.5 Å². The Bertz CT molecular complexity index is 1540. The topological polar surface area (TPSA) is 104 Å². The summed E-state index contributed by atoms with van der Waals surface area (Å²) in [6.07, 6.45) is 6.73. The first-order chi connectivity index (χ1) is 20.4. The molecule has 226 valence electrons. The van der Waals surface area contributed by atoms with E-state index in [2.05, 4.69) is 95.1 Å². The summed E-state index contributed by atoms with van der Waals surface area (Å²) < 4.78 is 0. The second-order valence-corrected chi connectivity index (χ2v) is 13.8. The summed E-state index contributed by atoms with van der Waals surface area (Å²) in [6.45, 7) is 15.3. The number of benzene rings is 2. The smallest absolute Gasteiger partial charge is 0.161 e. The number of hydrogen-bond acceptors (Lipinski definition) is 6. The Morgan fingerprint density at radius 2 is 1.28 bits per heavy atom. The van der Waals surface area contributed by atoms with Gasteiger partial charge in [0.05, 0.1) is 5.69 Å². The van der Waals surface area contributed by atoms with Crippen molar-refractivity contribution in [2.24, 2.45) is 5.41 Å². The first-order valence-corrected chi connectivity index (χ1v) is 15.9. The largest absolute Gasteiger partial charge is 0.383 e. The van der Waals surface area contributed by atoms with Gasteiger partial charge in [-0.05, 0) is 73.3 Å². The van der Waals surface area contributed by atoms with E-state index in [0.29, 0.717) is 29.3 Å². The Balaban J connectivity index is 1.30. The van der Waals surface area contributed by atoms with Crippen LogP contribution < -0.4 is 11.5 Å². The van der Waals surface area contributed by atoms with Crippen molar-refractivity contribution in [2.45, 2.75) is 105 Å². The molecule has 1 aliphatic carbocycles. The summed E-state index contributed by atoms with van der Waals surface area (Å²) in [4.78, 5) is 19.2. The van der Waals surface area contributed by atoms with Crippen LogP contribution in [0.5, 0.6) is 0 Å². The molecule has 0 unspecified atom stereocenters. The van der Waals surface area contributed by atoms with Crippen LogP contribution in [0.25, 0.3) is 22.8 Å². The number of hydrogen-bond donors (Lipinski definition) is 2. The van der Waals surface area contributed by atoms with Gasteiger partial charge in [0.2, 0.25) is 0 Å². The van der Waals surface area contributed by atoms with Gasteiger partial charge in [-0.25, -0.2) is 19.9 Å². The molecule has 5 rings (SSSR count). The van der Waals surface area contributed by atoms with E-state index < -0.39 is 0 Å². The third-order valence-corrected chi connectivity index (χ3v) is 9.05. The summed E-state index contributed by atoms with van der Waals surface area (Å²) in [5, 5.41) is 0. The maximum atomic E-state index is 6.57. The van der Waals surface area contributed by atoms with Gasteiger partial charge in [-0.15, -0.1) is 0 Å². The van der Waals surface area contributed by atoms with E-state index in [0.717, 1.165) is 58.7 Å². The number of aryl methyl sites for hydroxylation is 2. The highest BCUT2D eigenvalue weighted by molar-refractivity contribution is 5.61. The van der Waals surface area contributed by atoms with E-state index >= 15 is 0 Å². The SMILES string of the molecule is Cc1nc(-c2ccc(CC(C)(C)CCc3nc(-c4ccc(C5CCC5)cc4)nc(N)c3C(C)C)cc2)nc(N)c1C(C)C. The van der Waals surface area contributed by atoms with Crippen molar-refractivity contribution in [1.82, 2.24) is 19.9 Å². The highest BCUT2D eigenvalue weighted by atomic mass is 15.0. The average Bonchev–Trinajstić information content (AvgIpc) is 2.90. The molecule has 2 heterocycles. The zero-order valence-electron chi connectivity index (χ0n) is 27.0. The summed E-state index contributed by atoms with van der Waals surface area (Å²) in [7, 11) is 0. The fraction of sp³-hybridized carbons (Fsp3) is 0.459. The molecule has 0 spiro atoms. The molecular formula is C37H48N6. The number of nitrogen functional groups attached to an aromatic ring is 2. The van der Waals surface area contributed by atoms with Gasteiger partial charge in [-0.1, -0.05) is 96.5 Å². The Labute approximate surface area is 257 Å². The highest BCUT2D eigenvalue weighted by Crippen LogP contribution is 2.37. The van der Waals surface area contributed by atoms with E-state index in [-0.39, 0.29) is 11.3 Å². The van der Waals surface area contributed by atoms with Gasteiger partial charge in [0.15, 0.2) is 11.6 Å². The molecule has 6 nitrogen and oxygen atoms in total. The Morgan fingerprint density at radius 3 is 1.79 bits per heavy atom. The van der Waals surface area contributed by atoms with Gasteiger partial charge in [-0.2, -0.15) is 0 Å². The van der Waals surface area contributed by atoms with E-state index in [1.165, 1.54) is 30.4 Å². The fourth-order valence-corrected chi connectivity index (χ4v) is 6.45. The van der Waals surface area contributed by atoms with E-state index in [9.17, 15) is 0 Å². The zero-order valence-corrected chi connectivity index (χ0v) is 27.0. The second-order valence-electron chi connectivity index (χ2n) is 13.8. The van der Waals surface area contributed by atoms with E-state index in [1.54, 1.807) is 0 Å². The predicted molar refractivity (Wildman–Crippen MR) is 179 cm³/mol. The maximum Gasteiger partial charge on any atom is 0.161 e. The molecule has 0 amide bonds. The second kappa shape index (κ2) is 12.4. The Kier molecular flexibility index (Phi) is 8.86. The van der Waals surface area contributed by atoms with Crippen molar-refractivity contribution < 1.29 is 0 Å². The quantitative estimate of drug-likeness (QED) is 0.195. The molecule has 0 atom stereocenters. The van der Waals surface area contributed by atoms with Crippen molar-refractivity contribution in [2.75, 3.05) is 11.5 Å². The first kappa shape index (κ1) is 30.7. The number of rotatable bonds is 10. The zero-order chi connectivity index (χ0) is 30.9. The van der Waals surface area contributed by atoms with E-state index in [4.69, 9.17) is 26.4 Å². The molecule has 1 fully saturated rings. The van der Waals surface area contributed by atoms with Gasteiger partial charge in [0.1, 0.15) is 11.6 Å². The molecule has 1 saturated carbocycles. The van der Waals surface area contributed by atoms with Gasteiger partial charge in [0.25, 0.3) is 0 Å². The minimum absolute atomic E-state index is 0.0660. The number of aromatic nitrogens is 4. The molecule has 43 heavy (non-hydrogen) atoms. The molecule has 0 radical (unpaired) electrons. The van der Waals surface area contributed by atoms with Crippen molar-refractivity contribution in [3.63, 3.8) is 0 Å². The summed E-state index contributed by atoms with van der Waals surface area (Å²) >= 11 is 0. The van der Waals surface area contributed by atoms with Crippen LogP contribution in [-0.2, 0) is 12.8 Å². The van der Waals surface area contributed by atoms with Crippen LogP contribution in [0.15, 0.2) is 48.5 Å². The third-order valence-electron chi connectivity index (χ3n) is 9.05. The molecular weight excluding hydrogens is 528 g/mol. The van der Waals surface area contributed by atoms with Crippen LogP contribution in [0.1, 0.15) is 119 Å². The summed E-state index contributed by atoms with van der Waals surface area (Å²) in [5.74, 6) is 3.85. The number of anilines is 2. The van der Waals surface area contributed by atoms with Crippen molar-refractivity contribution in [1.29, 1.82) is 0 Å². The Morgan fingerprint density at radius 1 is 0.744 bits per heavy atom. The lowest BCUT2D eigenvalue weighted by Gasteiger charge is -2.26. The van der Waals surface area contributed by atoms with Crippen molar-refractivity contribution in [3.05, 3.63) is 82.2 Å². The fourth-order valence-electron chi connectivity index (χ4n) is 6.45. The van der Waals surface area contributed by atoms with Crippen molar-refractivity contribution >= 4 is 11.6 Å². The monoisotopic (exact) mass is 576 g/mol. The molecule has 1 aliphatic rings. The lowest BCUT2D eigenvalue weighted by atomic mass is 9.80. The van der Waals surface area contributed by atoms with Gasteiger partial charge in [-0.3, -0.25) is 0 Å². The lowest BCUT2D eigenvalue weighted by molar-refractivity contribution is 0.331. The average molecular weight is 577 g/mol. The van der Waals surface area contributed by atoms with Crippen LogP contribution in [0.3, 0.4) is 0 Å². The number of nitrogens with two attached hydrogens (primary N) is 2. The molecule has 4 N–H and O–H groups in total. The standard InChI is InChI=1S/C37H48N6/c1-22(2)31-24(5)40-35(42-33(31)38)28-13-11-25(12-14-28)21-37(6,7)20-19-30-32(23(3)4)34(39)43-36(41-30)29-17-15-27(16-18-29)26-9-8-10-26/h11-18,22-23,26H,8-10,19-21H2,1-7H3,(H2,38,40,42)(H2,39,41,43). The first-order valence-electron chi connectivity index (χ1n) is 15.9. The molecule has 0 saturated heterocycles. The maximum absolute atomic E-state index is 6.57. The molecule has 4 aromatic rings. The lowest BCUT2D eigenvalue weighted by Crippen LogP contribution is -2.18. The molecule has 0 aliphatic heterocycles. The summed E-state index contributed by atoms with van der Waals surface area (Å²) in [5.41, 5.74) is 21.8. The van der Waals surface area contributed by atoms with Crippen LogP contribution >= 0.6 is 0 Å². The van der Waals surface area contributed by atoms with E-state index in [1.807, 2.05) is 6.92 Å². The molecule has 2 aromatic heterocycles. The minimum Gasteiger partial charge on any atom is -0.383 e. The minimum atomic E-state index is 0.0660. The molecule has 0 bridgehead atoms. The summed E-state index contributed by atoms with van der Waals surface area (Å²) in [6, 6.07) is 17.4. The van der Waals surface area contributed by atoms with Gasteiger partial charge in [0, 0.05) is 27.9 Å². The third kappa shape index (κ3) is 6.90. The van der Waals surface area contributed by atoms with Gasteiger partial charge >= 0.3 is 0 Å². The normalized spacial score (nSPS) is 14.0. The van der Waals surface area contributed by atoms with Crippen LogP contribution in [0.4, 0.5) is 11.6 Å². The molecule has 2 aromatic carbocycles. The van der Waals surface area contributed by atoms with Crippen LogP contribution in [-0.4, -0.2) is 19.9 Å². The predicted octanol–water partition coefficient (Wildman–Crippen LogP) is 8.79. The van der Waals surface area contributed by atoms with Crippen molar-refractivity contribution in [3.8, 4) is 22.8 Å². The van der Waals surface area contributed by atoms with Crippen LogP contribution in [0, 0.1) is 12.3 Å². The Hall–Kier alpha value is -3.80. The van der Waals surface area contributed by atoms with Crippen LogP contribution in [0.2, 0.25) is 0 Å². The molecule has 6 heteroatoms. The highest BCUT2D eigenvalue weighted by Gasteiger charge is 2.24.